The first-order valence-electron chi connectivity index (χ1n) is 8.47. The molecule has 4 rings (SSSR count). The summed E-state index contributed by atoms with van der Waals surface area (Å²) in [4.78, 5) is 15.3. The third-order valence-corrected chi connectivity index (χ3v) is 5.81. The lowest BCUT2D eigenvalue weighted by atomic mass is 9.96. The molecule has 1 amide bonds. The van der Waals surface area contributed by atoms with Gasteiger partial charge in [-0.15, -0.1) is 0 Å². The van der Waals surface area contributed by atoms with Crippen LogP contribution in [0.1, 0.15) is 58.3 Å². The van der Waals surface area contributed by atoms with Crippen molar-refractivity contribution >= 4 is 5.91 Å². The minimum absolute atomic E-state index is 0.225. The predicted octanol–water partition coefficient (Wildman–Crippen LogP) is 2.03. The van der Waals surface area contributed by atoms with E-state index in [0.717, 1.165) is 32.3 Å². The van der Waals surface area contributed by atoms with Crippen molar-refractivity contribution in [3.8, 4) is 0 Å². The Labute approximate surface area is 121 Å². The highest BCUT2D eigenvalue weighted by atomic mass is 16.5. The largest absolute Gasteiger partial charge is 0.376 e. The first kappa shape index (κ1) is 13.1. The molecule has 1 spiro atoms. The van der Waals surface area contributed by atoms with Gasteiger partial charge >= 0.3 is 0 Å². The second-order valence-electron chi connectivity index (χ2n) is 7.10. The fourth-order valence-electron chi connectivity index (χ4n) is 4.63. The number of hydrogen-bond acceptors (Lipinski definition) is 3. The lowest BCUT2D eigenvalue weighted by molar-refractivity contribution is -0.136. The smallest absolute Gasteiger partial charge is 0.244 e. The molecule has 0 aromatic carbocycles. The third kappa shape index (κ3) is 1.84. The van der Waals surface area contributed by atoms with Crippen LogP contribution in [0.15, 0.2) is 0 Å². The van der Waals surface area contributed by atoms with E-state index < -0.39 is 0 Å². The lowest BCUT2D eigenvalue weighted by Crippen LogP contribution is -2.49. The van der Waals surface area contributed by atoms with E-state index >= 15 is 0 Å². The summed E-state index contributed by atoms with van der Waals surface area (Å²) in [6.45, 7) is 3.02. The first-order chi connectivity index (χ1) is 9.75. The lowest BCUT2D eigenvalue weighted by Gasteiger charge is -2.33. The first-order valence-corrected chi connectivity index (χ1v) is 8.47. The zero-order valence-corrected chi connectivity index (χ0v) is 12.4. The maximum Gasteiger partial charge on any atom is 0.244 e. The molecule has 4 heteroatoms. The summed E-state index contributed by atoms with van der Waals surface area (Å²) in [5.74, 6) is 1.09. The van der Waals surface area contributed by atoms with Gasteiger partial charge in [-0.1, -0.05) is 19.8 Å². The van der Waals surface area contributed by atoms with Gasteiger partial charge in [-0.3, -0.25) is 10.1 Å². The summed E-state index contributed by atoms with van der Waals surface area (Å²) in [6.07, 6.45) is 9.59. The minimum atomic E-state index is -0.225. The van der Waals surface area contributed by atoms with Gasteiger partial charge in [-0.05, 0) is 44.4 Å². The Morgan fingerprint density at radius 3 is 2.70 bits per heavy atom. The van der Waals surface area contributed by atoms with E-state index in [1.807, 2.05) is 0 Å². The molecule has 20 heavy (non-hydrogen) atoms. The van der Waals surface area contributed by atoms with Gasteiger partial charge in [-0.2, -0.15) is 0 Å². The topological polar surface area (TPSA) is 41.6 Å². The molecule has 2 heterocycles. The van der Waals surface area contributed by atoms with E-state index in [2.05, 4.69) is 17.1 Å². The molecule has 2 saturated heterocycles. The summed E-state index contributed by atoms with van der Waals surface area (Å²) >= 11 is 0. The molecule has 3 atom stereocenters. The van der Waals surface area contributed by atoms with Gasteiger partial charge in [0.05, 0.1) is 23.9 Å². The van der Waals surface area contributed by atoms with Gasteiger partial charge < -0.3 is 9.64 Å². The van der Waals surface area contributed by atoms with Crippen LogP contribution < -0.4 is 5.32 Å². The van der Waals surface area contributed by atoms with Crippen molar-refractivity contribution in [2.75, 3.05) is 6.61 Å². The van der Waals surface area contributed by atoms with E-state index in [9.17, 15) is 4.79 Å². The van der Waals surface area contributed by atoms with Crippen LogP contribution in [-0.2, 0) is 9.53 Å². The molecule has 4 aliphatic rings. The van der Waals surface area contributed by atoms with Crippen molar-refractivity contribution in [3.05, 3.63) is 0 Å². The number of carbonyl (C=O) groups excluding carboxylic acids is 1. The maximum atomic E-state index is 13.1. The Kier molecular flexibility index (Phi) is 3.08. The zero-order chi connectivity index (χ0) is 13.7. The van der Waals surface area contributed by atoms with Crippen molar-refractivity contribution in [2.24, 2.45) is 5.92 Å². The summed E-state index contributed by atoms with van der Waals surface area (Å²) in [6, 6.07) is 0.326. The molecule has 0 aromatic rings. The van der Waals surface area contributed by atoms with Crippen LogP contribution in [0.5, 0.6) is 0 Å². The van der Waals surface area contributed by atoms with Gasteiger partial charge in [0.2, 0.25) is 5.91 Å². The summed E-state index contributed by atoms with van der Waals surface area (Å²) < 4.78 is 5.97. The van der Waals surface area contributed by atoms with E-state index in [1.165, 1.54) is 25.7 Å². The molecule has 2 aliphatic heterocycles. The monoisotopic (exact) mass is 278 g/mol. The minimum Gasteiger partial charge on any atom is -0.376 e. The number of amides is 1. The van der Waals surface area contributed by atoms with Crippen LogP contribution in [0.2, 0.25) is 0 Å². The average molecular weight is 278 g/mol. The van der Waals surface area contributed by atoms with Crippen LogP contribution in [0.4, 0.5) is 0 Å². The Balaban J connectivity index is 1.60. The van der Waals surface area contributed by atoms with Gasteiger partial charge in [0.1, 0.15) is 0 Å². The highest BCUT2D eigenvalue weighted by Crippen LogP contribution is 2.44. The molecule has 4 nitrogen and oxygen atoms in total. The summed E-state index contributed by atoms with van der Waals surface area (Å²) in [5.41, 5.74) is -0.225. The van der Waals surface area contributed by atoms with Crippen molar-refractivity contribution in [1.82, 2.24) is 10.2 Å². The second kappa shape index (κ2) is 4.70. The molecule has 4 fully saturated rings. The molecule has 2 saturated carbocycles. The van der Waals surface area contributed by atoms with Gasteiger partial charge in [0, 0.05) is 6.61 Å². The number of nitrogens with one attached hydrogen (secondary N) is 1. The predicted molar refractivity (Wildman–Crippen MR) is 76.1 cm³/mol. The molecular formula is C16H26N2O2. The van der Waals surface area contributed by atoms with Gasteiger partial charge in [-0.25, -0.2) is 0 Å². The van der Waals surface area contributed by atoms with Crippen LogP contribution in [0, 0.1) is 5.92 Å². The van der Waals surface area contributed by atoms with Gasteiger partial charge in [0.25, 0.3) is 0 Å². The van der Waals surface area contributed by atoms with Crippen LogP contribution in [0.3, 0.4) is 0 Å². The average Bonchev–Trinajstić information content (AvgIpc) is 2.91. The van der Waals surface area contributed by atoms with Crippen molar-refractivity contribution in [2.45, 2.75) is 82.1 Å². The van der Waals surface area contributed by atoms with E-state index in [0.29, 0.717) is 24.0 Å². The zero-order valence-electron chi connectivity index (χ0n) is 12.4. The molecular weight excluding hydrogens is 252 g/mol. The highest BCUT2D eigenvalue weighted by Gasteiger charge is 2.56. The molecule has 0 radical (unpaired) electrons. The number of ether oxygens (including phenoxy) is 1. The Bertz CT molecular complexity index is 401. The Hall–Kier alpha value is -0.610. The highest BCUT2D eigenvalue weighted by molar-refractivity contribution is 5.89. The molecule has 112 valence electrons. The number of rotatable bonds is 3. The number of hydrogen-bond donors (Lipinski definition) is 1. The number of nitrogens with zero attached hydrogens (tertiary/aromatic N) is 1. The molecule has 2 aliphatic carbocycles. The van der Waals surface area contributed by atoms with E-state index in [4.69, 9.17) is 4.74 Å². The van der Waals surface area contributed by atoms with E-state index in [-0.39, 0.29) is 11.7 Å². The SMILES string of the molecule is CCC1NC2(CCCC2)C(=O)N1C1CCOC1C1CC1. The summed E-state index contributed by atoms with van der Waals surface area (Å²) in [7, 11) is 0. The van der Waals surface area contributed by atoms with Crippen molar-refractivity contribution in [1.29, 1.82) is 0 Å². The van der Waals surface area contributed by atoms with Crippen LogP contribution in [0.25, 0.3) is 0 Å². The second-order valence-corrected chi connectivity index (χ2v) is 7.10. The van der Waals surface area contributed by atoms with Crippen LogP contribution >= 0.6 is 0 Å². The van der Waals surface area contributed by atoms with Gasteiger partial charge in [0.15, 0.2) is 0 Å². The number of carbonyl (C=O) groups is 1. The maximum absolute atomic E-state index is 13.1. The fourth-order valence-corrected chi connectivity index (χ4v) is 4.63. The standard InChI is InChI=1S/C16H26N2O2/c1-2-13-17-16(8-3-4-9-16)15(19)18(13)12-7-10-20-14(12)11-5-6-11/h11-14,17H,2-10H2,1H3. The molecule has 0 bridgehead atoms. The Morgan fingerprint density at radius 2 is 2.05 bits per heavy atom. The molecule has 3 unspecified atom stereocenters. The van der Waals surface area contributed by atoms with Crippen molar-refractivity contribution in [3.63, 3.8) is 0 Å². The normalized spacial score (nSPS) is 40.1. The van der Waals surface area contributed by atoms with Crippen molar-refractivity contribution < 1.29 is 9.53 Å². The fraction of sp³-hybridized carbons (Fsp3) is 0.938. The summed E-state index contributed by atoms with van der Waals surface area (Å²) in [5, 5.41) is 3.69. The van der Waals surface area contributed by atoms with Crippen LogP contribution in [-0.4, -0.2) is 41.3 Å². The molecule has 1 N–H and O–H groups in total. The van der Waals surface area contributed by atoms with E-state index in [1.54, 1.807) is 0 Å². The Morgan fingerprint density at radius 1 is 1.30 bits per heavy atom. The quantitative estimate of drug-likeness (QED) is 0.859. The third-order valence-electron chi connectivity index (χ3n) is 5.81. The molecule has 0 aromatic heterocycles.